The van der Waals surface area contributed by atoms with Crippen molar-refractivity contribution in [1.29, 1.82) is 0 Å². The van der Waals surface area contributed by atoms with Crippen LogP contribution >= 0.6 is 22.7 Å². The Labute approximate surface area is 183 Å². The standard InChI is InChI=1S/C18H9F6N5OS2/c19-17(20,21)10-2-1-3-11(6-10)29-13(18(22,23)24)12(7-25-29)14(30)26-16-28-27-15(32-16)9-4-5-31-8-9/h1-8H,(H,26,28,30). The summed E-state index contributed by atoms with van der Waals surface area (Å²) in [7, 11) is 0. The van der Waals surface area contributed by atoms with Crippen LogP contribution in [0.15, 0.2) is 47.3 Å². The number of nitrogens with one attached hydrogen (secondary N) is 1. The fourth-order valence-electron chi connectivity index (χ4n) is 2.74. The number of rotatable bonds is 4. The number of amides is 1. The summed E-state index contributed by atoms with van der Waals surface area (Å²) < 4.78 is 80.5. The molecule has 166 valence electrons. The lowest BCUT2D eigenvalue weighted by Gasteiger charge is -2.14. The number of nitrogens with zero attached hydrogens (tertiary/aromatic N) is 4. The Hall–Kier alpha value is -3.26. The summed E-state index contributed by atoms with van der Waals surface area (Å²) in [6.07, 6.45) is -9.21. The van der Waals surface area contributed by atoms with E-state index in [0.29, 0.717) is 23.3 Å². The quantitative estimate of drug-likeness (QED) is 0.371. The predicted octanol–water partition coefficient (Wildman–Crippen LogP) is 5.74. The number of halogens is 6. The highest BCUT2D eigenvalue weighted by Gasteiger charge is 2.41. The van der Waals surface area contributed by atoms with E-state index < -0.39 is 40.8 Å². The van der Waals surface area contributed by atoms with Crippen molar-refractivity contribution < 1.29 is 31.1 Å². The van der Waals surface area contributed by atoms with Gasteiger partial charge < -0.3 is 0 Å². The lowest BCUT2D eigenvalue weighted by Crippen LogP contribution is -2.21. The van der Waals surface area contributed by atoms with Crippen LogP contribution < -0.4 is 5.32 Å². The summed E-state index contributed by atoms with van der Waals surface area (Å²) in [5, 5.41) is 17.4. The third-order valence-corrected chi connectivity index (χ3v) is 5.68. The van der Waals surface area contributed by atoms with Gasteiger partial charge in [-0.25, -0.2) is 4.68 Å². The second-order valence-electron chi connectivity index (χ2n) is 6.24. The molecule has 0 saturated heterocycles. The van der Waals surface area contributed by atoms with E-state index in [-0.39, 0.29) is 9.81 Å². The van der Waals surface area contributed by atoms with Crippen LogP contribution in [-0.4, -0.2) is 25.9 Å². The van der Waals surface area contributed by atoms with Crippen molar-refractivity contribution in [3.8, 4) is 16.3 Å². The first-order valence-corrected chi connectivity index (χ1v) is 10.3. The molecule has 14 heteroatoms. The molecule has 4 aromatic rings. The second kappa shape index (κ2) is 8.02. The first-order valence-electron chi connectivity index (χ1n) is 8.54. The molecule has 3 heterocycles. The molecule has 1 aromatic carbocycles. The SMILES string of the molecule is O=C(Nc1nnc(-c2ccsc2)s1)c1cnn(-c2cccc(C(F)(F)F)c2)c1C(F)(F)F. The van der Waals surface area contributed by atoms with Crippen molar-refractivity contribution >= 4 is 33.7 Å². The van der Waals surface area contributed by atoms with Gasteiger partial charge in [-0.1, -0.05) is 17.4 Å². The molecule has 0 radical (unpaired) electrons. The lowest BCUT2D eigenvalue weighted by molar-refractivity contribution is -0.143. The zero-order valence-electron chi connectivity index (χ0n) is 15.4. The minimum atomic E-state index is -5.08. The zero-order chi connectivity index (χ0) is 23.1. The molecular formula is C18H9F6N5OS2. The Morgan fingerprint density at radius 2 is 1.81 bits per heavy atom. The van der Waals surface area contributed by atoms with Gasteiger partial charge in [0.15, 0.2) is 5.69 Å². The Kier molecular flexibility index (Phi) is 5.50. The third-order valence-electron chi connectivity index (χ3n) is 4.11. The van der Waals surface area contributed by atoms with Gasteiger partial charge in [0, 0.05) is 10.9 Å². The minimum Gasteiger partial charge on any atom is -0.296 e. The van der Waals surface area contributed by atoms with E-state index in [1.54, 1.807) is 16.8 Å². The van der Waals surface area contributed by atoms with Gasteiger partial charge in [-0.05, 0) is 29.6 Å². The predicted molar refractivity (Wildman–Crippen MR) is 105 cm³/mol. The highest BCUT2D eigenvalue weighted by molar-refractivity contribution is 7.19. The molecule has 3 aromatic heterocycles. The number of hydrogen-bond donors (Lipinski definition) is 1. The normalized spacial score (nSPS) is 12.2. The molecule has 6 nitrogen and oxygen atoms in total. The number of carbonyl (C=O) groups is 1. The lowest BCUT2D eigenvalue weighted by atomic mass is 10.1. The molecule has 32 heavy (non-hydrogen) atoms. The van der Waals surface area contributed by atoms with Crippen LogP contribution in [-0.2, 0) is 12.4 Å². The number of anilines is 1. The maximum absolute atomic E-state index is 13.8. The van der Waals surface area contributed by atoms with Crippen LogP contribution in [0.5, 0.6) is 0 Å². The van der Waals surface area contributed by atoms with Crippen LogP contribution in [0.1, 0.15) is 21.6 Å². The van der Waals surface area contributed by atoms with Gasteiger partial charge in [0.2, 0.25) is 5.13 Å². The number of alkyl halides is 6. The third kappa shape index (κ3) is 4.36. The van der Waals surface area contributed by atoms with E-state index in [1.807, 2.05) is 0 Å². The molecule has 0 aliphatic carbocycles. The average molecular weight is 489 g/mol. The van der Waals surface area contributed by atoms with Gasteiger partial charge in [0.1, 0.15) is 5.01 Å². The maximum atomic E-state index is 13.8. The van der Waals surface area contributed by atoms with E-state index in [2.05, 4.69) is 20.6 Å². The largest absolute Gasteiger partial charge is 0.434 e. The summed E-state index contributed by atoms with van der Waals surface area (Å²) in [4.78, 5) is 12.5. The molecule has 0 saturated carbocycles. The fraction of sp³-hybridized carbons (Fsp3) is 0.111. The molecule has 1 amide bonds. The number of benzene rings is 1. The van der Waals surface area contributed by atoms with Crippen molar-refractivity contribution in [3.05, 3.63) is 64.1 Å². The molecule has 0 atom stereocenters. The highest BCUT2D eigenvalue weighted by atomic mass is 32.1. The fourth-order valence-corrected chi connectivity index (χ4v) is 4.19. The highest BCUT2D eigenvalue weighted by Crippen LogP contribution is 2.36. The first kappa shape index (κ1) is 22.0. The number of aromatic nitrogens is 4. The molecule has 0 unspecified atom stereocenters. The molecule has 0 spiro atoms. The summed E-state index contributed by atoms with van der Waals surface area (Å²) in [6.45, 7) is 0. The molecular weight excluding hydrogens is 480 g/mol. The van der Waals surface area contributed by atoms with Crippen molar-refractivity contribution in [1.82, 2.24) is 20.0 Å². The Morgan fingerprint density at radius 3 is 2.47 bits per heavy atom. The van der Waals surface area contributed by atoms with E-state index >= 15 is 0 Å². The van der Waals surface area contributed by atoms with E-state index in [4.69, 9.17) is 0 Å². The smallest absolute Gasteiger partial charge is 0.296 e. The molecule has 0 aliphatic rings. The summed E-state index contributed by atoms with van der Waals surface area (Å²) in [6, 6.07) is 4.97. The van der Waals surface area contributed by atoms with E-state index in [1.165, 1.54) is 11.3 Å². The van der Waals surface area contributed by atoms with Gasteiger partial charge >= 0.3 is 12.4 Å². The van der Waals surface area contributed by atoms with Crippen LogP contribution in [0.4, 0.5) is 31.5 Å². The van der Waals surface area contributed by atoms with Crippen molar-refractivity contribution in [2.75, 3.05) is 5.32 Å². The van der Waals surface area contributed by atoms with E-state index in [9.17, 15) is 31.1 Å². The number of carbonyl (C=O) groups excluding carboxylic acids is 1. The Bertz CT molecular complexity index is 1260. The molecule has 1 N–H and O–H groups in total. The van der Waals surface area contributed by atoms with Gasteiger partial charge in [-0.3, -0.25) is 10.1 Å². The van der Waals surface area contributed by atoms with Crippen LogP contribution in [0.3, 0.4) is 0 Å². The van der Waals surface area contributed by atoms with Crippen molar-refractivity contribution in [2.45, 2.75) is 12.4 Å². The maximum Gasteiger partial charge on any atom is 0.434 e. The molecule has 4 rings (SSSR count). The molecule has 0 bridgehead atoms. The van der Waals surface area contributed by atoms with Gasteiger partial charge in [-0.15, -0.1) is 10.2 Å². The summed E-state index contributed by atoms with van der Waals surface area (Å²) in [5.41, 5.74) is -3.30. The monoisotopic (exact) mass is 489 g/mol. The Balaban J connectivity index is 1.68. The van der Waals surface area contributed by atoms with Crippen LogP contribution in [0, 0.1) is 0 Å². The first-order chi connectivity index (χ1) is 15.0. The van der Waals surface area contributed by atoms with Gasteiger partial charge in [0.05, 0.1) is 23.0 Å². The minimum absolute atomic E-state index is 0.0452. The van der Waals surface area contributed by atoms with Crippen molar-refractivity contribution in [3.63, 3.8) is 0 Å². The van der Waals surface area contributed by atoms with E-state index in [0.717, 1.165) is 29.0 Å². The van der Waals surface area contributed by atoms with Crippen LogP contribution in [0.2, 0.25) is 0 Å². The molecule has 0 aliphatic heterocycles. The molecule has 0 fully saturated rings. The zero-order valence-corrected chi connectivity index (χ0v) is 17.0. The van der Waals surface area contributed by atoms with Gasteiger partial charge in [-0.2, -0.15) is 42.8 Å². The number of hydrogen-bond acceptors (Lipinski definition) is 6. The van der Waals surface area contributed by atoms with Crippen LogP contribution in [0.25, 0.3) is 16.3 Å². The number of thiophene rings is 1. The van der Waals surface area contributed by atoms with Gasteiger partial charge in [0.25, 0.3) is 5.91 Å². The summed E-state index contributed by atoms with van der Waals surface area (Å²) in [5.74, 6) is -1.18. The average Bonchev–Trinajstić information content (AvgIpc) is 3.46. The summed E-state index contributed by atoms with van der Waals surface area (Å²) >= 11 is 2.36. The Morgan fingerprint density at radius 1 is 1.03 bits per heavy atom. The van der Waals surface area contributed by atoms with Crippen molar-refractivity contribution in [2.24, 2.45) is 0 Å². The second-order valence-corrected chi connectivity index (χ2v) is 8.00. The topological polar surface area (TPSA) is 72.7 Å².